The van der Waals surface area contributed by atoms with Gasteiger partial charge < -0.3 is 24.0 Å². The van der Waals surface area contributed by atoms with Crippen LogP contribution in [0.15, 0.2) is 88.6 Å². The van der Waals surface area contributed by atoms with Crippen molar-refractivity contribution in [2.24, 2.45) is 4.99 Å². The fourth-order valence-corrected chi connectivity index (χ4v) is 5.38. The lowest BCUT2D eigenvalue weighted by atomic mass is 9.93. The SMILES string of the molecule is C=CCOC(=O)C1=C(C)N=C2SC=C(CC(=O)N(C)Cc3ccccc3)N2[C@@H]1c1ccc(OC)cc1OC. The second kappa shape index (κ2) is 12.0. The first-order valence-corrected chi connectivity index (χ1v) is 13.0. The molecule has 2 aliphatic rings. The van der Waals surface area contributed by atoms with Crippen LogP contribution in [0.2, 0.25) is 0 Å². The quantitative estimate of drug-likeness (QED) is 0.312. The van der Waals surface area contributed by atoms with Crippen molar-refractivity contribution in [2.45, 2.75) is 25.9 Å². The van der Waals surface area contributed by atoms with Crippen LogP contribution in [-0.4, -0.2) is 54.7 Å². The Balaban J connectivity index is 1.70. The highest BCUT2D eigenvalue weighted by Crippen LogP contribution is 2.47. The van der Waals surface area contributed by atoms with E-state index < -0.39 is 12.0 Å². The number of fused-ring (bicyclic) bond motifs is 1. The van der Waals surface area contributed by atoms with Crippen molar-refractivity contribution in [3.63, 3.8) is 0 Å². The molecule has 8 nitrogen and oxygen atoms in total. The summed E-state index contributed by atoms with van der Waals surface area (Å²) in [5, 5.41) is 2.60. The van der Waals surface area contributed by atoms with Crippen LogP contribution in [0.1, 0.15) is 30.5 Å². The minimum atomic E-state index is -0.617. The summed E-state index contributed by atoms with van der Waals surface area (Å²) >= 11 is 1.42. The summed E-state index contributed by atoms with van der Waals surface area (Å²) in [6.07, 6.45) is 1.66. The molecule has 198 valence electrons. The Hall–Kier alpha value is -3.98. The number of aliphatic imine (C=N–C) groups is 1. The zero-order valence-corrected chi connectivity index (χ0v) is 22.8. The number of hydrogen-bond donors (Lipinski definition) is 0. The van der Waals surface area contributed by atoms with Gasteiger partial charge in [-0.2, -0.15) is 0 Å². The molecule has 1 amide bonds. The van der Waals surface area contributed by atoms with Gasteiger partial charge in [0.05, 0.1) is 38.0 Å². The van der Waals surface area contributed by atoms with Crippen molar-refractivity contribution < 1.29 is 23.8 Å². The van der Waals surface area contributed by atoms with Gasteiger partial charge in [0.15, 0.2) is 5.17 Å². The van der Waals surface area contributed by atoms with E-state index >= 15 is 0 Å². The minimum Gasteiger partial charge on any atom is -0.497 e. The number of hydrogen-bond acceptors (Lipinski definition) is 8. The van der Waals surface area contributed by atoms with E-state index in [1.54, 1.807) is 39.2 Å². The van der Waals surface area contributed by atoms with Gasteiger partial charge in [-0.05, 0) is 30.0 Å². The van der Waals surface area contributed by atoms with E-state index in [1.807, 2.05) is 52.8 Å². The van der Waals surface area contributed by atoms with Crippen LogP contribution in [0.3, 0.4) is 0 Å². The van der Waals surface area contributed by atoms with E-state index in [1.165, 1.54) is 17.8 Å². The number of ether oxygens (including phenoxy) is 3. The van der Waals surface area contributed by atoms with Crippen LogP contribution in [0, 0.1) is 0 Å². The molecule has 0 aliphatic carbocycles. The van der Waals surface area contributed by atoms with Crippen LogP contribution in [-0.2, 0) is 20.9 Å². The first-order chi connectivity index (χ1) is 18.4. The topological polar surface area (TPSA) is 80.7 Å². The molecule has 9 heteroatoms. The average Bonchev–Trinajstić information content (AvgIpc) is 3.32. The molecule has 0 saturated heterocycles. The van der Waals surface area contributed by atoms with Crippen molar-refractivity contribution in [3.8, 4) is 11.5 Å². The fraction of sp³-hybridized carbons (Fsp3) is 0.276. The number of esters is 1. The molecule has 0 N–H and O–H groups in total. The number of rotatable bonds is 10. The maximum absolute atomic E-state index is 13.3. The van der Waals surface area contributed by atoms with Gasteiger partial charge in [-0.3, -0.25) is 4.79 Å². The van der Waals surface area contributed by atoms with Gasteiger partial charge in [-0.25, -0.2) is 9.79 Å². The lowest BCUT2D eigenvalue weighted by Crippen LogP contribution is -2.38. The van der Waals surface area contributed by atoms with Gasteiger partial charge in [-0.15, -0.1) is 0 Å². The van der Waals surface area contributed by atoms with E-state index in [2.05, 4.69) is 6.58 Å². The molecule has 0 spiro atoms. The Morgan fingerprint density at radius 2 is 1.92 bits per heavy atom. The largest absolute Gasteiger partial charge is 0.497 e. The van der Waals surface area contributed by atoms with Crippen molar-refractivity contribution in [3.05, 3.63) is 94.7 Å². The fourth-order valence-electron chi connectivity index (χ4n) is 4.42. The van der Waals surface area contributed by atoms with Crippen molar-refractivity contribution >= 4 is 28.8 Å². The highest BCUT2D eigenvalue weighted by Gasteiger charge is 2.42. The van der Waals surface area contributed by atoms with Crippen LogP contribution in [0.4, 0.5) is 0 Å². The summed E-state index contributed by atoms with van der Waals surface area (Å²) in [6, 6.07) is 14.7. The second-order valence-electron chi connectivity index (χ2n) is 8.80. The number of carbonyl (C=O) groups is 2. The molecular weight excluding hydrogens is 502 g/mol. The summed E-state index contributed by atoms with van der Waals surface area (Å²) in [7, 11) is 4.94. The normalized spacial score (nSPS) is 16.3. The first kappa shape index (κ1) is 27.1. The van der Waals surface area contributed by atoms with Crippen molar-refractivity contribution in [2.75, 3.05) is 27.9 Å². The molecule has 0 unspecified atom stereocenters. The van der Waals surface area contributed by atoms with E-state index in [0.29, 0.717) is 34.5 Å². The Morgan fingerprint density at radius 1 is 1.16 bits per heavy atom. The highest BCUT2D eigenvalue weighted by atomic mass is 32.2. The smallest absolute Gasteiger partial charge is 0.338 e. The first-order valence-electron chi connectivity index (χ1n) is 12.1. The van der Waals surface area contributed by atoms with Crippen LogP contribution >= 0.6 is 11.8 Å². The minimum absolute atomic E-state index is 0.0514. The number of amides is 1. The average molecular weight is 534 g/mol. The van der Waals surface area contributed by atoms with Crippen LogP contribution < -0.4 is 9.47 Å². The number of carbonyl (C=O) groups excluding carboxylic acids is 2. The van der Waals surface area contributed by atoms with Gasteiger partial charge in [0, 0.05) is 30.9 Å². The molecule has 0 bridgehead atoms. The van der Waals surface area contributed by atoms with Gasteiger partial charge in [-0.1, -0.05) is 54.7 Å². The number of benzene rings is 2. The molecule has 4 rings (SSSR count). The lowest BCUT2D eigenvalue weighted by molar-refractivity contribution is -0.138. The zero-order valence-electron chi connectivity index (χ0n) is 22.0. The molecule has 2 aromatic rings. The molecule has 0 aromatic heterocycles. The third kappa shape index (κ3) is 5.62. The number of amidine groups is 1. The summed E-state index contributed by atoms with van der Waals surface area (Å²) < 4.78 is 16.6. The van der Waals surface area contributed by atoms with Crippen LogP contribution in [0.5, 0.6) is 11.5 Å². The Bertz CT molecular complexity index is 1320. The lowest BCUT2D eigenvalue weighted by Gasteiger charge is -2.37. The Labute approximate surface area is 227 Å². The number of allylic oxidation sites excluding steroid dienone is 1. The Kier molecular flexibility index (Phi) is 8.58. The molecular formula is C29H31N3O5S. The van der Waals surface area contributed by atoms with Crippen molar-refractivity contribution in [1.29, 1.82) is 0 Å². The van der Waals surface area contributed by atoms with Crippen LogP contribution in [0.25, 0.3) is 0 Å². The maximum Gasteiger partial charge on any atom is 0.338 e. The van der Waals surface area contributed by atoms with Gasteiger partial charge >= 0.3 is 5.97 Å². The summed E-state index contributed by atoms with van der Waals surface area (Å²) in [4.78, 5) is 34.9. The summed E-state index contributed by atoms with van der Waals surface area (Å²) in [5.74, 6) is 0.610. The Morgan fingerprint density at radius 3 is 2.61 bits per heavy atom. The van der Waals surface area contributed by atoms with E-state index in [0.717, 1.165) is 16.8 Å². The number of thioether (sulfide) groups is 1. The standard InChI is InChI=1S/C29H31N3O5S/c1-6-14-37-28(34)26-19(2)30-29-32(27(26)23-13-12-22(35-4)16-24(23)36-5)21(18-38-29)15-25(33)31(3)17-20-10-8-7-9-11-20/h6-13,16,18,27H,1,14-15,17H2,2-5H3/t27-/m1/s1. The summed E-state index contributed by atoms with van der Waals surface area (Å²) in [6.45, 7) is 6.00. The molecule has 2 heterocycles. The van der Waals surface area contributed by atoms with Crippen molar-refractivity contribution in [1.82, 2.24) is 9.80 Å². The molecule has 1 atom stereocenters. The molecule has 0 radical (unpaired) electrons. The van der Waals surface area contributed by atoms with E-state index in [4.69, 9.17) is 19.2 Å². The third-order valence-corrected chi connectivity index (χ3v) is 7.20. The summed E-state index contributed by atoms with van der Waals surface area (Å²) in [5.41, 5.74) is 3.43. The molecule has 0 fully saturated rings. The molecule has 0 saturated carbocycles. The predicted molar refractivity (Wildman–Crippen MR) is 149 cm³/mol. The molecule has 2 aliphatic heterocycles. The van der Waals surface area contributed by atoms with Gasteiger partial charge in [0.1, 0.15) is 18.1 Å². The van der Waals surface area contributed by atoms with Gasteiger partial charge in [0.25, 0.3) is 0 Å². The maximum atomic E-state index is 13.3. The second-order valence-corrected chi connectivity index (χ2v) is 9.64. The molecule has 2 aromatic carbocycles. The number of methoxy groups -OCH3 is 2. The zero-order chi connectivity index (χ0) is 27.2. The molecule has 38 heavy (non-hydrogen) atoms. The predicted octanol–water partition coefficient (Wildman–Crippen LogP) is 5.06. The van der Waals surface area contributed by atoms with Gasteiger partial charge in [0.2, 0.25) is 5.91 Å². The van der Waals surface area contributed by atoms with E-state index in [-0.39, 0.29) is 18.9 Å². The number of nitrogens with zero attached hydrogens (tertiary/aromatic N) is 3. The highest BCUT2D eigenvalue weighted by molar-refractivity contribution is 8.16. The monoisotopic (exact) mass is 533 g/mol. The third-order valence-electron chi connectivity index (χ3n) is 6.31. The van der Waals surface area contributed by atoms with E-state index in [9.17, 15) is 9.59 Å².